The summed E-state index contributed by atoms with van der Waals surface area (Å²) in [6.45, 7) is 1.05. The van der Waals surface area contributed by atoms with Crippen LogP contribution in [-0.2, 0) is 21.3 Å². The average Bonchev–Trinajstić information content (AvgIpc) is 3.14. The molecule has 7 nitrogen and oxygen atoms in total. The van der Waals surface area contributed by atoms with E-state index >= 15 is 0 Å². The Morgan fingerprint density at radius 1 is 1.38 bits per heavy atom. The fourth-order valence-corrected chi connectivity index (χ4v) is 5.11. The SMILES string of the molecule is COC(=O)c1sccc1S(=O)(=O)N1CCCn2nccc21. The quantitative estimate of drug-likeness (QED) is 0.794. The third kappa shape index (κ3) is 2.22. The Labute approximate surface area is 125 Å². The van der Waals surface area contributed by atoms with Crippen LogP contribution in [0.2, 0.25) is 0 Å². The number of hydrogen-bond donors (Lipinski definition) is 0. The number of aryl methyl sites for hydroxylation is 1. The molecule has 21 heavy (non-hydrogen) atoms. The second-order valence-corrected chi connectivity index (χ2v) is 7.20. The van der Waals surface area contributed by atoms with Crippen LogP contribution >= 0.6 is 11.3 Å². The van der Waals surface area contributed by atoms with Gasteiger partial charge in [-0.3, -0.25) is 0 Å². The summed E-state index contributed by atoms with van der Waals surface area (Å²) in [5, 5.41) is 5.67. The Morgan fingerprint density at radius 3 is 2.95 bits per heavy atom. The van der Waals surface area contributed by atoms with E-state index < -0.39 is 16.0 Å². The zero-order valence-electron chi connectivity index (χ0n) is 11.2. The summed E-state index contributed by atoms with van der Waals surface area (Å²) in [6, 6.07) is 3.09. The lowest BCUT2D eigenvalue weighted by Gasteiger charge is -2.28. The highest BCUT2D eigenvalue weighted by Crippen LogP contribution is 2.31. The molecule has 1 aliphatic heterocycles. The van der Waals surface area contributed by atoms with Crippen molar-refractivity contribution in [2.45, 2.75) is 17.9 Å². The first kappa shape index (κ1) is 14.1. The fourth-order valence-electron chi connectivity index (χ4n) is 2.29. The number of methoxy groups -OCH3 is 1. The molecule has 2 aromatic heterocycles. The van der Waals surface area contributed by atoms with Crippen molar-refractivity contribution in [3.05, 3.63) is 28.6 Å². The van der Waals surface area contributed by atoms with Gasteiger partial charge in [0.25, 0.3) is 10.0 Å². The lowest BCUT2D eigenvalue weighted by Crippen LogP contribution is -2.37. The van der Waals surface area contributed by atoms with Crippen molar-refractivity contribution >= 4 is 33.1 Å². The number of ether oxygens (including phenoxy) is 1. The Morgan fingerprint density at radius 2 is 2.19 bits per heavy atom. The van der Waals surface area contributed by atoms with E-state index in [1.807, 2.05) is 0 Å². The molecule has 112 valence electrons. The lowest BCUT2D eigenvalue weighted by atomic mass is 10.3. The Bertz CT molecular complexity index is 778. The molecule has 1 aliphatic rings. The molecule has 0 atom stereocenters. The zero-order chi connectivity index (χ0) is 15.0. The summed E-state index contributed by atoms with van der Waals surface area (Å²) >= 11 is 1.05. The monoisotopic (exact) mass is 327 g/mol. The molecule has 0 radical (unpaired) electrons. The third-order valence-electron chi connectivity index (χ3n) is 3.25. The molecule has 0 N–H and O–H groups in total. The summed E-state index contributed by atoms with van der Waals surface area (Å²) < 4.78 is 33.2. The van der Waals surface area contributed by atoms with E-state index in [-0.39, 0.29) is 9.77 Å². The molecule has 0 aliphatic carbocycles. The second-order valence-electron chi connectivity index (χ2n) is 4.45. The predicted octanol–water partition coefficient (Wildman–Crippen LogP) is 1.33. The number of rotatable bonds is 3. The molecule has 0 bridgehead atoms. The number of anilines is 1. The Kier molecular flexibility index (Phi) is 3.46. The van der Waals surface area contributed by atoms with Crippen LogP contribution in [0.1, 0.15) is 16.1 Å². The van der Waals surface area contributed by atoms with E-state index in [9.17, 15) is 13.2 Å². The summed E-state index contributed by atoms with van der Waals surface area (Å²) in [6.07, 6.45) is 2.24. The molecule has 3 rings (SSSR count). The van der Waals surface area contributed by atoms with Crippen molar-refractivity contribution in [2.75, 3.05) is 18.0 Å². The topological polar surface area (TPSA) is 81.5 Å². The first-order chi connectivity index (χ1) is 10.1. The summed E-state index contributed by atoms with van der Waals surface area (Å²) in [7, 11) is -2.58. The smallest absolute Gasteiger partial charge is 0.349 e. The number of thiophene rings is 1. The van der Waals surface area contributed by atoms with Gasteiger partial charge in [0.05, 0.1) is 13.3 Å². The molecule has 2 aromatic rings. The van der Waals surface area contributed by atoms with Crippen LogP contribution in [0.5, 0.6) is 0 Å². The maximum absolute atomic E-state index is 12.8. The highest BCUT2D eigenvalue weighted by atomic mass is 32.2. The molecule has 0 saturated heterocycles. The molecule has 3 heterocycles. The van der Waals surface area contributed by atoms with E-state index in [4.69, 9.17) is 0 Å². The summed E-state index contributed by atoms with van der Waals surface area (Å²) in [4.78, 5) is 11.8. The van der Waals surface area contributed by atoms with Gasteiger partial charge in [-0.2, -0.15) is 5.10 Å². The number of esters is 1. The Balaban J connectivity index is 2.08. The minimum absolute atomic E-state index is 0.0194. The first-order valence-corrected chi connectivity index (χ1v) is 8.58. The first-order valence-electron chi connectivity index (χ1n) is 6.26. The number of carbonyl (C=O) groups is 1. The summed E-state index contributed by atoms with van der Waals surface area (Å²) in [5.74, 6) is -0.127. The molecular weight excluding hydrogens is 314 g/mol. The van der Waals surface area contributed by atoms with Gasteiger partial charge in [0.15, 0.2) is 0 Å². The number of nitrogens with zero attached hydrogens (tertiary/aromatic N) is 3. The lowest BCUT2D eigenvalue weighted by molar-refractivity contribution is 0.0602. The third-order valence-corrected chi connectivity index (χ3v) is 6.12. The van der Waals surface area contributed by atoms with Gasteiger partial charge in [0, 0.05) is 19.2 Å². The standard InChI is InChI=1S/C12H13N3O4S2/c1-19-12(16)11-9(4-8-20-11)21(17,18)15-7-2-6-14-10(15)3-5-13-14/h3-5,8H,2,6-7H2,1H3. The van der Waals surface area contributed by atoms with Gasteiger partial charge < -0.3 is 4.74 Å². The molecule has 0 saturated carbocycles. The second kappa shape index (κ2) is 5.15. The number of carbonyl (C=O) groups excluding carboxylic acids is 1. The number of hydrogen-bond acceptors (Lipinski definition) is 6. The van der Waals surface area contributed by atoms with E-state index in [1.165, 1.54) is 17.5 Å². The molecule has 0 amide bonds. The fraction of sp³-hybridized carbons (Fsp3) is 0.333. The van der Waals surface area contributed by atoms with Crippen molar-refractivity contribution in [1.82, 2.24) is 9.78 Å². The molecule has 9 heteroatoms. The van der Waals surface area contributed by atoms with Gasteiger partial charge in [-0.25, -0.2) is 22.2 Å². The van der Waals surface area contributed by atoms with E-state index in [2.05, 4.69) is 9.84 Å². The van der Waals surface area contributed by atoms with Crippen molar-refractivity contribution in [2.24, 2.45) is 0 Å². The van der Waals surface area contributed by atoms with Gasteiger partial charge in [0.1, 0.15) is 15.6 Å². The molecule has 0 spiro atoms. The van der Waals surface area contributed by atoms with E-state index in [1.54, 1.807) is 22.3 Å². The van der Waals surface area contributed by atoms with Crippen LogP contribution in [0.3, 0.4) is 0 Å². The minimum atomic E-state index is -3.81. The van der Waals surface area contributed by atoms with Gasteiger partial charge in [-0.05, 0) is 17.9 Å². The molecule has 0 fully saturated rings. The van der Waals surface area contributed by atoms with Crippen LogP contribution < -0.4 is 4.31 Å². The molecule has 0 unspecified atom stereocenters. The van der Waals surface area contributed by atoms with Crippen molar-refractivity contribution in [1.29, 1.82) is 0 Å². The maximum Gasteiger partial charge on any atom is 0.349 e. The normalized spacial score (nSPS) is 14.8. The predicted molar refractivity (Wildman–Crippen MR) is 77.0 cm³/mol. The van der Waals surface area contributed by atoms with Crippen molar-refractivity contribution in [3.63, 3.8) is 0 Å². The number of aromatic nitrogens is 2. The highest BCUT2D eigenvalue weighted by molar-refractivity contribution is 7.93. The maximum atomic E-state index is 12.8. The average molecular weight is 327 g/mol. The van der Waals surface area contributed by atoms with Gasteiger partial charge in [-0.15, -0.1) is 11.3 Å². The van der Waals surface area contributed by atoms with Crippen LogP contribution in [0.25, 0.3) is 0 Å². The van der Waals surface area contributed by atoms with Crippen LogP contribution in [0, 0.1) is 0 Å². The molecule has 0 aromatic carbocycles. The van der Waals surface area contributed by atoms with E-state index in [0.717, 1.165) is 11.3 Å². The Hall–Kier alpha value is -1.87. The van der Waals surface area contributed by atoms with Crippen molar-refractivity contribution < 1.29 is 17.9 Å². The van der Waals surface area contributed by atoms with E-state index in [0.29, 0.717) is 25.3 Å². The largest absolute Gasteiger partial charge is 0.465 e. The summed E-state index contributed by atoms with van der Waals surface area (Å²) in [5.41, 5.74) is 0. The van der Waals surface area contributed by atoms with Gasteiger partial charge >= 0.3 is 5.97 Å². The minimum Gasteiger partial charge on any atom is -0.465 e. The van der Waals surface area contributed by atoms with Gasteiger partial charge in [0.2, 0.25) is 0 Å². The van der Waals surface area contributed by atoms with Crippen LogP contribution in [-0.4, -0.2) is 37.8 Å². The van der Waals surface area contributed by atoms with Crippen LogP contribution in [0.15, 0.2) is 28.6 Å². The van der Waals surface area contributed by atoms with Crippen molar-refractivity contribution in [3.8, 4) is 0 Å². The highest BCUT2D eigenvalue weighted by Gasteiger charge is 2.33. The van der Waals surface area contributed by atoms with Gasteiger partial charge in [-0.1, -0.05) is 0 Å². The van der Waals surface area contributed by atoms with Crippen LogP contribution in [0.4, 0.5) is 5.82 Å². The number of fused-ring (bicyclic) bond motifs is 1. The number of sulfonamides is 1. The zero-order valence-corrected chi connectivity index (χ0v) is 12.9. The molecular formula is C12H13N3O4S2.